The molecule has 0 aliphatic heterocycles. The van der Waals surface area contributed by atoms with E-state index in [0.29, 0.717) is 0 Å². The van der Waals surface area contributed by atoms with Gasteiger partial charge in [-0.25, -0.2) is 4.79 Å². The summed E-state index contributed by atoms with van der Waals surface area (Å²) in [6, 6.07) is 15.0. The van der Waals surface area contributed by atoms with Gasteiger partial charge in [-0.15, -0.1) is 10.2 Å². The second-order valence-corrected chi connectivity index (χ2v) is 18.6. The number of anilines is 2. The number of amides is 2. The molecule has 0 fully saturated rings. The van der Waals surface area contributed by atoms with E-state index in [2.05, 4.69) is 31.1 Å². The van der Waals surface area contributed by atoms with Gasteiger partial charge in [-0.1, -0.05) is 0 Å². The van der Waals surface area contributed by atoms with Crippen LogP contribution in [0.2, 0.25) is 0 Å². The molecule has 6 aromatic rings. The number of urea groups is 1. The minimum Gasteiger partial charge on any atom is -0.505 e. The van der Waals surface area contributed by atoms with Crippen molar-refractivity contribution in [3.05, 3.63) is 84.9 Å². The lowest BCUT2D eigenvalue weighted by atomic mass is 10.1. The van der Waals surface area contributed by atoms with Gasteiger partial charge in [0.15, 0.2) is 11.5 Å². The molecule has 0 saturated heterocycles. The van der Waals surface area contributed by atoms with Gasteiger partial charge >= 0.3 is 6.03 Å². The molecule has 6 aromatic carbocycles. The monoisotopic (exact) mass is 960 g/mol. The summed E-state index contributed by atoms with van der Waals surface area (Å²) in [6.45, 7) is 3.24. The number of benzene rings is 6. The number of hydrogen-bond donors (Lipinski definition) is 8. The van der Waals surface area contributed by atoms with Crippen LogP contribution >= 0.6 is 0 Å². The third kappa shape index (κ3) is 10.3. The zero-order chi connectivity index (χ0) is 46.9. The SMILES string of the molecule is CCOc1ccc(N=Nc2c(S(=O)(=O)O)cc3cc(NC(=O)Nc4ccc5c(O)c(N=Nc6ccc(OCC)c(S(=O)(=O)O)c6)c(S(=O)(=O)O)cc5c4)ccc3c2O)cc1S(=O)(=O)O. The predicted molar refractivity (Wildman–Crippen MR) is 227 cm³/mol. The Morgan fingerprint density at radius 1 is 0.500 bits per heavy atom. The van der Waals surface area contributed by atoms with Crippen molar-refractivity contribution in [2.24, 2.45) is 20.5 Å². The molecule has 0 spiro atoms. The van der Waals surface area contributed by atoms with Crippen LogP contribution in [-0.2, 0) is 40.5 Å². The number of phenolic OH excluding ortho intramolecular Hbond substituents is 2. The molecular weight excluding hydrogens is 929 g/mol. The fraction of sp³-hybridized carbons (Fsp3) is 0.108. The first kappa shape index (κ1) is 46.6. The molecule has 0 unspecified atom stereocenters. The highest BCUT2D eigenvalue weighted by Crippen LogP contribution is 2.44. The Labute approximate surface area is 362 Å². The van der Waals surface area contributed by atoms with Gasteiger partial charge in [-0.2, -0.15) is 43.9 Å². The predicted octanol–water partition coefficient (Wildman–Crippen LogP) is 7.66. The van der Waals surface area contributed by atoms with Crippen molar-refractivity contribution < 1.29 is 76.4 Å². The van der Waals surface area contributed by atoms with Crippen LogP contribution in [0.1, 0.15) is 13.8 Å². The summed E-state index contributed by atoms with van der Waals surface area (Å²) < 4.78 is 147. The van der Waals surface area contributed by atoms with E-state index in [9.17, 15) is 66.9 Å². The molecule has 0 aliphatic rings. The standard InChI is InChI=1S/C37H32N6O17S4/c1-3-59-27-11-7-23(17-29(27)61(47,48)49)40-42-33-31(63(53,54)55)15-19-13-21(5-9-25(19)35(33)44)38-37(46)39-22-6-10-26-20(14-22)16-32(64(56,57)58)34(36(26)45)43-41-24-8-12-28(60-4-2)30(18-24)62(50,51)52/h5-18,44-45H,3-4H2,1-2H3,(H2,38,39,46)(H,47,48,49)(H,50,51,52)(H,53,54,55)(H,56,57,58). The number of hydrogen-bond acceptors (Lipinski definition) is 17. The van der Waals surface area contributed by atoms with Gasteiger partial charge in [-0.3, -0.25) is 18.2 Å². The first-order valence-electron chi connectivity index (χ1n) is 17.8. The molecule has 64 heavy (non-hydrogen) atoms. The number of aromatic hydroxyl groups is 2. The largest absolute Gasteiger partial charge is 0.505 e. The molecule has 0 aliphatic carbocycles. The number of rotatable bonds is 14. The molecule has 0 radical (unpaired) electrons. The number of azo groups is 2. The average Bonchev–Trinajstić information content (AvgIpc) is 3.19. The average molecular weight is 961 g/mol. The van der Waals surface area contributed by atoms with Crippen molar-refractivity contribution in [2.75, 3.05) is 23.8 Å². The molecule has 0 heterocycles. The summed E-state index contributed by atoms with van der Waals surface area (Å²) in [5, 5.41) is 42.0. The van der Waals surface area contributed by atoms with E-state index < -0.39 is 89.0 Å². The minimum absolute atomic E-state index is 0.0190. The van der Waals surface area contributed by atoms with Gasteiger partial charge in [0.25, 0.3) is 40.5 Å². The van der Waals surface area contributed by atoms with Gasteiger partial charge < -0.3 is 30.3 Å². The van der Waals surface area contributed by atoms with Crippen LogP contribution in [0, 0.1) is 0 Å². The molecule has 336 valence electrons. The van der Waals surface area contributed by atoms with Gasteiger partial charge in [0, 0.05) is 22.1 Å². The van der Waals surface area contributed by atoms with Gasteiger partial charge in [-0.05, 0) is 110 Å². The number of ether oxygens (including phenoxy) is 2. The van der Waals surface area contributed by atoms with Crippen LogP contribution in [0.15, 0.2) is 125 Å². The third-order valence-corrected chi connectivity index (χ3v) is 12.2. The topological polar surface area (TPSA) is 367 Å². The van der Waals surface area contributed by atoms with E-state index in [-0.39, 0.29) is 69.0 Å². The van der Waals surface area contributed by atoms with Crippen molar-refractivity contribution in [1.29, 1.82) is 0 Å². The maximum atomic E-state index is 13.1. The Kier molecular flexibility index (Phi) is 12.9. The van der Waals surface area contributed by atoms with Crippen LogP contribution in [0.5, 0.6) is 23.0 Å². The Morgan fingerprint density at radius 3 is 1.19 bits per heavy atom. The first-order valence-corrected chi connectivity index (χ1v) is 23.6. The van der Waals surface area contributed by atoms with Crippen molar-refractivity contribution in [1.82, 2.24) is 0 Å². The van der Waals surface area contributed by atoms with Crippen molar-refractivity contribution >= 4 is 102 Å². The van der Waals surface area contributed by atoms with Crippen LogP contribution < -0.4 is 20.1 Å². The lowest BCUT2D eigenvalue weighted by molar-refractivity contribution is 0.262. The van der Waals surface area contributed by atoms with E-state index in [1.807, 2.05) is 0 Å². The zero-order valence-corrected chi connectivity index (χ0v) is 35.9. The van der Waals surface area contributed by atoms with Gasteiger partial charge in [0.2, 0.25) is 0 Å². The van der Waals surface area contributed by atoms with E-state index in [4.69, 9.17) is 9.47 Å². The van der Waals surface area contributed by atoms with Crippen molar-refractivity contribution in [3.63, 3.8) is 0 Å². The fourth-order valence-corrected chi connectivity index (χ4v) is 8.64. The molecule has 0 saturated carbocycles. The smallest absolute Gasteiger partial charge is 0.323 e. The summed E-state index contributed by atoms with van der Waals surface area (Å²) in [7, 11) is -19.8. The Hall–Kier alpha value is -6.85. The van der Waals surface area contributed by atoms with Gasteiger partial charge in [0.1, 0.15) is 42.5 Å². The zero-order valence-electron chi connectivity index (χ0n) is 32.6. The molecule has 0 atom stereocenters. The molecule has 0 bridgehead atoms. The molecule has 2 amide bonds. The van der Waals surface area contributed by atoms with Crippen LogP contribution in [-0.4, -0.2) is 81.3 Å². The number of fused-ring (bicyclic) bond motifs is 2. The molecule has 6 rings (SSSR count). The molecule has 8 N–H and O–H groups in total. The summed E-state index contributed by atoms with van der Waals surface area (Å²) in [6.07, 6.45) is 0. The lowest BCUT2D eigenvalue weighted by Gasteiger charge is -2.13. The fourth-order valence-electron chi connectivity index (χ4n) is 6.02. The second-order valence-electron chi connectivity index (χ2n) is 13.0. The third-order valence-electron chi connectivity index (χ3n) is 8.71. The molecular formula is C37H32N6O17S4. The summed E-state index contributed by atoms with van der Waals surface area (Å²) in [5.41, 5.74) is -1.90. The normalized spacial score (nSPS) is 12.6. The highest BCUT2D eigenvalue weighted by atomic mass is 32.2. The highest BCUT2D eigenvalue weighted by Gasteiger charge is 2.25. The minimum atomic E-state index is -5.12. The quantitative estimate of drug-likeness (QED) is 0.0383. The van der Waals surface area contributed by atoms with E-state index >= 15 is 0 Å². The van der Waals surface area contributed by atoms with Crippen LogP contribution in [0.3, 0.4) is 0 Å². The van der Waals surface area contributed by atoms with Gasteiger partial charge in [0.05, 0.1) is 24.6 Å². The number of carbonyl (C=O) groups excluding carboxylic acids is 1. The maximum absolute atomic E-state index is 13.1. The van der Waals surface area contributed by atoms with E-state index in [1.165, 1.54) is 48.5 Å². The second kappa shape index (κ2) is 17.7. The maximum Gasteiger partial charge on any atom is 0.323 e. The summed E-state index contributed by atoms with van der Waals surface area (Å²) in [5.74, 6) is -1.99. The van der Waals surface area contributed by atoms with E-state index in [1.54, 1.807) is 13.8 Å². The summed E-state index contributed by atoms with van der Waals surface area (Å²) in [4.78, 5) is 9.91. The van der Waals surface area contributed by atoms with Crippen molar-refractivity contribution in [3.8, 4) is 23.0 Å². The number of carbonyl (C=O) groups is 1. The molecule has 0 aromatic heterocycles. The lowest BCUT2D eigenvalue weighted by Crippen LogP contribution is -2.19. The highest BCUT2D eigenvalue weighted by molar-refractivity contribution is 7.86. The van der Waals surface area contributed by atoms with Crippen LogP contribution in [0.25, 0.3) is 21.5 Å². The van der Waals surface area contributed by atoms with Crippen LogP contribution in [0.4, 0.5) is 38.9 Å². The van der Waals surface area contributed by atoms with Crippen molar-refractivity contribution in [2.45, 2.75) is 33.4 Å². The van der Waals surface area contributed by atoms with E-state index in [0.717, 1.165) is 36.4 Å². The number of nitrogens with zero attached hydrogens (tertiary/aromatic N) is 4. The summed E-state index contributed by atoms with van der Waals surface area (Å²) >= 11 is 0. The molecule has 27 heteroatoms. The Morgan fingerprint density at radius 2 is 0.859 bits per heavy atom. The number of phenols is 2. The number of nitrogens with one attached hydrogen (secondary N) is 2. The Bertz CT molecular complexity index is 3190. The Balaban J connectivity index is 1.27. The molecule has 23 nitrogen and oxygen atoms in total. The first-order chi connectivity index (χ1) is 29.9.